The highest BCUT2D eigenvalue weighted by molar-refractivity contribution is 9.11. The van der Waals surface area contributed by atoms with Crippen LogP contribution < -0.4 is 9.47 Å². The summed E-state index contributed by atoms with van der Waals surface area (Å²) in [7, 11) is -2.30. The summed E-state index contributed by atoms with van der Waals surface area (Å²) in [4.78, 5) is 0. The van der Waals surface area contributed by atoms with Crippen molar-refractivity contribution in [3.8, 4) is 23.0 Å². The first-order valence-corrected chi connectivity index (χ1v) is 13.4. The number of ether oxygens (including phenoxy) is 2. The second-order valence-corrected chi connectivity index (χ2v) is 12.4. The first-order chi connectivity index (χ1) is 14.1. The van der Waals surface area contributed by atoms with E-state index in [0.29, 0.717) is 38.2 Å². The number of hydrogen-bond donors (Lipinski definition) is 1. The molecule has 0 aliphatic rings. The predicted octanol–water partition coefficient (Wildman–Crippen LogP) is 7.40. The molecule has 0 bridgehead atoms. The lowest BCUT2D eigenvalue weighted by Gasteiger charge is -2.15. The molecule has 8 heteroatoms. The smallest absolute Gasteiger partial charge is 0.156 e. The molecule has 0 unspecified atom stereocenters. The molecule has 0 heterocycles. The Balaban J connectivity index is 1.80. The third-order valence-corrected chi connectivity index (χ3v) is 6.02. The second-order valence-electron chi connectivity index (χ2n) is 7.26. The SMILES string of the molecule is CP(C)(=O)COc1cc(Br)c(Oc2ccc(O)c(Cc3ccc(F)cc3)c2)c(Br)c1. The molecule has 1 N–H and O–H groups in total. The molecule has 0 aliphatic heterocycles. The Hall–Kier alpha value is -1.82. The maximum atomic E-state index is 13.1. The summed E-state index contributed by atoms with van der Waals surface area (Å²) in [5, 5.41) is 10.2. The van der Waals surface area contributed by atoms with Gasteiger partial charge in [-0.15, -0.1) is 0 Å². The molecule has 30 heavy (non-hydrogen) atoms. The maximum absolute atomic E-state index is 13.1. The summed E-state index contributed by atoms with van der Waals surface area (Å²) in [6.45, 7) is 3.34. The lowest BCUT2D eigenvalue weighted by molar-refractivity contribution is 0.376. The molecule has 0 spiro atoms. The lowest BCUT2D eigenvalue weighted by Crippen LogP contribution is -1.98. The van der Waals surface area contributed by atoms with Crippen LogP contribution in [0.4, 0.5) is 4.39 Å². The van der Waals surface area contributed by atoms with E-state index in [1.807, 2.05) is 0 Å². The molecule has 0 atom stereocenters. The number of phenols is 1. The normalized spacial score (nSPS) is 11.4. The van der Waals surface area contributed by atoms with Gasteiger partial charge in [0.1, 0.15) is 36.6 Å². The van der Waals surface area contributed by atoms with Crippen LogP contribution in [0.15, 0.2) is 63.5 Å². The van der Waals surface area contributed by atoms with Crippen LogP contribution in [0, 0.1) is 5.82 Å². The highest BCUT2D eigenvalue weighted by Crippen LogP contribution is 2.42. The molecule has 0 saturated carbocycles. The van der Waals surface area contributed by atoms with Gasteiger partial charge in [0, 0.05) is 12.0 Å². The minimum absolute atomic E-state index is 0.136. The monoisotopic (exact) mass is 556 g/mol. The maximum Gasteiger partial charge on any atom is 0.156 e. The largest absolute Gasteiger partial charge is 0.508 e. The highest BCUT2D eigenvalue weighted by atomic mass is 79.9. The highest BCUT2D eigenvalue weighted by Gasteiger charge is 2.14. The van der Waals surface area contributed by atoms with Gasteiger partial charge in [-0.25, -0.2) is 4.39 Å². The standard InChI is InChI=1S/C22H20Br2FO4P/c1-30(2,27)13-28-18-11-19(23)22(20(24)12-18)29-17-7-8-21(26)15(10-17)9-14-3-5-16(25)6-4-14/h3-8,10-12,26H,9,13H2,1-2H3. The number of aromatic hydroxyl groups is 1. The van der Waals surface area contributed by atoms with Crippen LogP contribution in [0.5, 0.6) is 23.0 Å². The molecule has 4 nitrogen and oxygen atoms in total. The van der Waals surface area contributed by atoms with Crippen molar-refractivity contribution in [2.75, 3.05) is 19.7 Å². The summed E-state index contributed by atoms with van der Waals surface area (Å²) in [5.74, 6) is 1.47. The first kappa shape index (κ1) is 22.9. The summed E-state index contributed by atoms with van der Waals surface area (Å²) in [6.07, 6.45) is 0.587. The number of rotatable bonds is 7. The van der Waals surface area contributed by atoms with E-state index in [1.165, 1.54) is 12.1 Å². The van der Waals surface area contributed by atoms with Crippen LogP contribution in [0.25, 0.3) is 0 Å². The fraction of sp³-hybridized carbons (Fsp3) is 0.182. The van der Waals surface area contributed by atoms with Crippen LogP contribution in [-0.2, 0) is 11.0 Å². The topological polar surface area (TPSA) is 55.8 Å². The Bertz CT molecular complexity index is 1070. The molecule has 3 rings (SSSR count). The van der Waals surface area contributed by atoms with Crippen molar-refractivity contribution >= 4 is 39.0 Å². The van der Waals surface area contributed by atoms with Gasteiger partial charge in [0.2, 0.25) is 0 Å². The van der Waals surface area contributed by atoms with Gasteiger partial charge in [0.05, 0.1) is 8.95 Å². The second kappa shape index (κ2) is 9.54. The van der Waals surface area contributed by atoms with E-state index in [4.69, 9.17) is 9.47 Å². The molecule has 158 valence electrons. The van der Waals surface area contributed by atoms with Crippen LogP contribution in [0.3, 0.4) is 0 Å². The van der Waals surface area contributed by atoms with Crippen LogP contribution >= 0.6 is 39.0 Å². The van der Waals surface area contributed by atoms with Crippen molar-refractivity contribution in [1.29, 1.82) is 0 Å². The quantitative estimate of drug-likeness (QED) is 0.307. The summed E-state index contributed by atoms with van der Waals surface area (Å²) in [6, 6.07) is 14.6. The van der Waals surface area contributed by atoms with Crippen LogP contribution in [-0.4, -0.2) is 24.8 Å². The molecular formula is C22H20Br2FO4P. The molecule has 0 radical (unpaired) electrons. The van der Waals surface area contributed by atoms with Crippen molar-refractivity contribution in [2.45, 2.75) is 6.42 Å². The van der Waals surface area contributed by atoms with Crippen molar-refractivity contribution in [3.63, 3.8) is 0 Å². The van der Waals surface area contributed by atoms with Gasteiger partial charge in [-0.1, -0.05) is 12.1 Å². The molecule has 0 aliphatic carbocycles. The fourth-order valence-electron chi connectivity index (χ4n) is 2.65. The number of halogens is 3. The van der Waals surface area contributed by atoms with E-state index >= 15 is 0 Å². The fourth-order valence-corrected chi connectivity index (χ4v) is 4.42. The average molecular weight is 558 g/mol. The Kier molecular flexibility index (Phi) is 7.27. The van der Waals surface area contributed by atoms with Crippen molar-refractivity contribution in [1.82, 2.24) is 0 Å². The van der Waals surface area contributed by atoms with E-state index in [-0.39, 0.29) is 17.9 Å². The zero-order valence-corrected chi connectivity index (χ0v) is 20.4. The molecule has 0 fully saturated rings. The molecule has 0 amide bonds. The van der Waals surface area contributed by atoms with Crippen molar-refractivity contribution < 1.29 is 23.5 Å². The molecule has 0 aromatic heterocycles. The summed E-state index contributed by atoms with van der Waals surface area (Å²) in [5.41, 5.74) is 1.53. The zero-order valence-electron chi connectivity index (χ0n) is 16.4. The summed E-state index contributed by atoms with van der Waals surface area (Å²) < 4.78 is 37.9. The van der Waals surface area contributed by atoms with Gasteiger partial charge in [0.25, 0.3) is 0 Å². The number of hydrogen-bond acceptors (Lipinski definition) is 4. The van der Waals surface area contributed by atoms with Gasteiger partial charge >= 0.3 is 0 Å². The van der Waals surface area contributed by atoms with Crippen molar-refractivity contribution in [3.05, 3.63) is 80.5 Å². The molecule has 3 aromatic rings. The van der Waals surface area contributed by atoms with Gasteiger partial charge < -0.3 is 19.1 Å². The Morgan fingerprint density at radius 2 is 1.60 bits per heavy atom. The Morgan fingerprint density at radius 3 is 2.20 bits per heavy atom. The molecular weight excluding hydrogens is 538 g/mol. The van der Waals surface area contributed by atoms with Gasteiger partial charge in [-0.05, 0) is 93.2 Å². The van der Waals surface area contributed by atoms with E-state index in [1.54, 1.807) is 55.8 Å². The number of phenolic OH excluding ortho intramolecular Hbond substituents is 1. The Morgan fingerprint density at radius 1 is 0.967 bits per heavy atom. The van der Waals surface area contributed by atoms with E-state index in [9.17, 15) is 14.1 Å². The lowest BCUT2D eigenvalue weighted by atomic mass is 10.0. The van der Waals surface area contributed by atoms with Gasteiger partial charge in [0.15, 0.2) is 5.75 Å². The Labute approximate surface area is 191 Å². The minimum atomic E-state index is -2.30. The summed E-state index contributed by atoms with van der Waals surface area (Å²) >= 11 is 6.96. The third-order valence-electron chi connectivity index (χ3n) is 4.09. The zero-order chi connectivity index (χ0) is 21.9. The average Bonchev–Trinajstić information content (AvgIpc) is 2.66. The first-order valence-electron chi connectivity index (χ1n) is 9.01. The van der Waals surface area contributed by atoms with Crippen molar-refractivity contribution in [2.24, 2.45) is 0 Å². The molecule has 0 saturated heterocycles. The van der Waals surface area contributed by atoms with E-state index in [2.05, 4.69) is 31.9 Å². The third kappa shape index (κ3) is 6.34. The van der Waals surface area contributed by atoms with Crippen LogP contribution in [0.1, 0.15) is 11.1 Å². The van der Waals surface area contributed by atoms with E-state index in [0.717, 1.165) is 5.56 Å². The van der Waals surface area contributed by atoms with E-state index < -0.39 is 7.14 Å². The van der Waals surface area contributed by atoms with Gasteiger partial charge in [-0.3, -0.25) is 0 Å². The number of benzene rings is 3. The minimum Gasteiger partial charge on any atom is -0.508 e. The molecule has 3 aromatic carbocycles. The predicted molar refractivity (Wildman–Crippen MR) is 124 cm³/mol. The van der Waals surface area contributed by atoms with Crippen LogP contribution in [0.2, 0.25) is 0 Å². The van der Waals surface area contributed by atoms with Gasteiger partial charge in [-0.2, -0.15) is 0 Å².